The molecule has 4 aromatic rings. The first-order chi connectivity index (χ1) is 14.0. The number of esters is 1. The maximum Gasteiger partial charge on any atom is 0.336 e. The second-order valence-electron chi connectivity index (χ2n) is 6.33. The van der Waals surface area contributed by atoms with E-state index < -0.39 is 11.6 Å². The van der Waals surface area contributed by atoms with Crippen LogP contribution in [0.3, 0.4) is 0 Å². The van der Waals surface area contributed by atoms with Crippen LogP contribution in [0.2, 0.25) is 0 Å². The Kier molecular flexibility index (Phi) is 5.18. The zero-order valence-electron chi connectivity index (χ0n) is 15.4. The van der Waals surface area contributed by atoms with Gasteiger partial charge in [0, 0.05) is 23.3 Å². The topological polar surface area (TPSA) is 102 Å². The summed E-state index contributed by atoms with van der Waals surface area (Å²) < 4.78 is 9.99. The number of carbonyl (C=O) groups excluding carboxylic acids is 1. The number of benzene rings is 2. The molecule has 1 N–H and O–H groups in total. The van der Waals surface area contributed by atoms with Crippen LogP contribution in [0.25, 0.3) is 21.7 Å². The van der Waals surface area contributed by atoms with Gasteiger partial charge in [0.25, 0.3) is 5.56 Å². The summed E-state index contributed by atoms with van der Waals surface area (Å²) in [6, 6.07) is 14.3. The molecule has 7 nitrogen and oxygen atoms in total. The fourth-order valence-corrected chi connectivity index (χ4v) is 4.02. The Morgan fingerprint density at radius 2 is 2.00 bits per heavy atom. The number of nitrogens with zero attached hydrogens (tertiary/aromatic N) is 1. The molecule has 4 rings (SSSR count). The number of nitrogens with one attached hydrogen (secondary N) is 1. The van der Waals surface area contributed by atoms with Crippen LogP contribution >= 0.6 is 11.8 Å². The summed E-state index contributed by atoms with van der Waals surface area (Å²) in [4.78, 5) is 42.3. The molecule has 2 aromatic carbocycles. The maximum atomic E-state index is 12.0. The van der Waals surface area contributed by atoms with Crippen molar-refractivity contribution in [1.82, 2.24) is 9.97 Å². The lowest BCUT2D eigenvalue weighted by Gasteiger charge is -2.09. The van der Waals surface area contributed by atoms with Gasteiger partial charge in [-0.15, -0.1) is 0 Å². The number of ether oxygens (including phenoxy) is 1. The molecular weight excluding hydrogens is 392 g/mol. The van der Waals surface area contributed by atoms with E-state index in [4.69, 9.17) is 4.42 Å². The van der Waals surface area contributed by atoms with E-state index in [-0.39, 0.29) is 12.0 Å². The van der Waals surface area contributed by atoms with Crippen molar-refractivity contribution >= 4 is 39.5 Å². The van der Waals surface area contributed by atoms with Crippen molar-refractivity contribution in [3.05, 3.63) is 80.6 Å². The van der Waals surface area contributed by atoms with Crippen molar-refractivity contribution < 1.29 is 13.9 Å². The van der Waals surface area contributed by atoms with Gasteiger partial charge in [0.2, 0.25) is 0 Å². The summed E-state index contributed by atoms with van der Waals surface area (Å²) >= 11 is 1.27. The molecule has 0 aliphatic carbocycles. The lowest BCUT2D eigenvalue weighted by Crippen LogP contribution is -2.14. The van der Waals surface area contributed by atoms with Gasteiger partial charge in [-0.3, -0.25) is 9.59 Å². The van der Waals surface area contributed by atoms with E-state index in [1.54, 1.807) is 6.07 Å². The molecule has 0 saturated carbocycles. The third-order valence-electron chi connectivity index (χ3n) is 4.41. The molecule has 0 aliphatic rings. The zero-order valence-corrected chi connectivity index (χ0v) is 16.2. The summed E-state index contributed by atoms with van der Waals surface area (Å²) in [5.41, 5.74) is 0.811. The highest BCUT2D eigenvalue weighted by molar-refractivity contribution is 7.98. The molecule has 0 aliphatic heterocycles. The molecule has 0 unspecified atom stereocenters. The first-order valence-electron chi connectivity index (χ1n) is 8.78. The van der Waals surface area contributed by atoms with Crippen molar-refractivity contribution in [2.24, 2.45) is 0 Å². The standard InChI is InChI=1S/C21H16N2O5S/c1-27-18(25)10-14-9-17(24)23-21(22-14)29-11-13-8-19(26)28-16-7-6-12-4-2-3-5-15(12)20(13)16/h2-9H,10-11H2,1H3,(H,22,23,24). The minimum absolute atomic E-state index is 0.0868. The minimum Gasteiger partial charge on any atom is -0.469 e. The van der Waals surface area contributed by atoms with Crippen molar-refractivity contribution in [3.63, 3.8) is 0 Å². The number of aromatic nitrogens is 2. The second kappa shape index (κ2) is 7.92. The summed E-state index contributed by atoms with van der Waals surface area (Å²) in [5.74, 6) is -0.0852. The second-order valence-corrected chi connectivity index (χ2v) is 7.30. The van der Waals surface area contributed by atoms with Crippen LogP contribution in [-0.4, -0.2) is 23.0 Å². The van der Waals surface area contributed by atoms with Crippen molar-refractivity contribution in [3.8, 4) is 0 Å². The van der Waals surface area contributed by atoms with Crippen LogP contribution < -0.4 is 11.2 Å². The Morgan fingerprint density at radius 3 is 2.83 bits per heavy atom. The van der Waals surface area contributed by atoms with E-state index in [1.165, 1.54) is 31.0 Å². The molecule has 0 spiro atoms. The number of H-pyrrole nitrogens is 1. The molecule has 0 atom stereocenters. The smallest absolute Gasteiger partial charge is 0.336 e. The molecule has 0 fully saturated rings. The first-order valence-corrected chi connectivity index (χ1v) is 9.76. The molecule has 8 heteroatoms. The zero-order chi connectivity index (χ0) is 20.4. The van der Waals surface area contributed by atoms with Gasteiger partial charge in [-0.05, 0) is 22.4 Å². The summed E-state index contributed by atoms with van der Waals surface area (Å²) in [5, 5.41) is 3.22. The van der Waals surface area contributed by atoms with Crippen molar-refractivity contribution in [2.45, 2.75) is 17.3 Å². The van der Waals surface area contributed by atoms with Crippen LogP contribution in [0, 0.1) is 0 Å². The molecule has 146 valence electrons. The number of methoxy groups -OCH3 is 1. The van der Waals surface area contributed by atoms with Gasteiger partial charge in [0.15, 0.2) is 5.16 Å². The highest BCUT2D eigenvalue weighted by Gasteiger charge is 2.12. The van der Waals surface area contributed by atoms with E-state index in [9.17, 15) is 14.4 Å². The normalized spacial score (nSPS) is 11.1. The monoisotopic (exact) mass is 408 g/mol. The van der Waals surface area contributed by atoms with Gasteiger partial charge < -0.3 is 14.1 Å². The molecule has 2 heterocycles. The van der Waals surface area contributed by atoms with E-state index in [1.807, 2.05) is 30.3 Å². The number of carbonyl (C=O) groups is 1. The average Bonchev–Trinajstić information content (AvgIpc) is 2.71. The number of thioether (sulfide) groups is 1. The number of rotatable bonds is 5. The Labute approximate surface area is 168 Å². The summed E-state index contributed by atoms with van der Waals surface area (Å²) in [6.07, 6.45) is -0.0868. The number of fused-ring (bicyclic) bond motifs is 3. The van der Waals surface area contributed by atoms with Gasteiger partial charge in [-0.2, -0.15) is 0 Å². The summed E-state index contributed by atoms with van der Waals surface area (Å²) in [7, 11) is 1.28. The van der Waals surface area contributed by atoms with Gasteiger partial charge in [0.05, 0.1) is 19.2 Å². The lowest BCUT2D eigenvalue weighted by molar-refractivity contribution is -0.139. The largest absolute Gasteiger partial charge is 0.469 e. The molecular formula is C21H16N2O5S. The van der Waals surface area contributed by atoms with Crippen LogP contribution in [0.4, 0.5) is 0 Å². The van der Waals surface area contributed by atoms with Crippen molar-refractivity contribution in [1.29, 1.82) is 0 Å². The first kappa shape index (κ1) is 18.9. The molecule has 2 aromatic heterocycles. The molecule has 0 amide bonds. The predicted molar refractivity (Wildman–Crippen MR) is 110 cm³/mol. The van der Waals surface area contributed by atoms with E-state index in [0.29, 0.717) is 22.2 Å². The Balaban J connectivity index is 1.72. The maximum absolute atomic E-state index is 12.0. The summed E-state index contributed by atoms with van der Waals surface area (Å²) in [6.45, 7) is 0. The van der Waals surface area contributed by atoms with E-state index in [0.717, 1.165) is 21.7 Å². The van der Waals surface area contributed by atoms with Crippen LogP contribution in [-0.2, 0) is 21.7 Å². The third-order valence-corrected chi connectivity index (χ3v) is 5.33. The highest BCUT2D eigenvalue weighted by atomic mass is 32.2. The van der Waals surface area contributed by atoms with Crippen LogP contribution in [0.5, 0.6) is 0 Å². The minimum atomic E-state index is -0.475. The third kappa shape index (κ3) is 4.07. The van der Waals surface area contributed by atoms with Crippen LogP contribution in [0.15, 0.2) is 67.7 Å². The average molecular weight is 408 g/mol. The van der Waals surface area contributed by atoms with Crippen molar-refractivity contribution in [2.75, 3.05) is 7.11 Å². The lowest BCUT2D eigenvalue weighted by atomic mass is 10.0. The predicted octanol–water partition coefficient (Wildman–Crippen LogP) is 3.04. The highest BCUT2D eigenvalue weighted by Crippen LogP contribution is 2.30. The fraction of sp³-hybridized carbons (Fsp3) is 0.143. The van der Waals surface area contributed by atoms with Gasteiger partial charge in [0.1, 0.15) is 5.58 Å². The number of hydrogen-bond acceptors (Lipinski definition) is 7. The Bertz CT molecular complexity index is 1340. The Morgan fingerprint density at radius 1 is 1.17 bits per heavy atom. The van der Waals surface area contributed by atoms with Crippen LogP contribution in [0.1, 0.15) is 11.3 Å². The van der Waals surface area contributed by atoms with Gasteiger partial charge in [-0.1, -0.05) is 42.1 Å². The van der Waals surface area contributed by atoms with Gasteiger partial charge in [-0.25, -0.2) is 9.78 Å². The molecule has 0 saturated heterocycles. The molecule has 0 radical (unpaired) electrons. The van der Waals surface area contributed by atoms with Gasteiger partial charge >= 0.3 is 11.6 Å². The molecule has 0 bridgehead atoms. The SMILES string of the molecule is COC(=O)Cc1cc(=O)[nH]c(SCc2cc(=O)oc3ccc4ccccc4c23)n1. The number of aromatic amines is 1. The van der Waals surface area contributed by atoms with E-state index >= 15 is 0 Å². The Hall–Kier alpha value is -3.39. The number of hydrogen-bond donors (Lipinski definition) is 1. The fourth-order valence-electron chi connectivity index (χ4n) is 3.14. The molecule has 29 heavy (non-hydrogen) atoms. The quantitative estimate of drug-likeness (QED) is 0.178. The van der Waals surface area contributed by atoms with E-state index in [2.05, 4.69) is 14.7 Å².